The van der Waals surface area contributed by atoms with E-state index in [2.05, 4.69) is 20.4 Å². The van der Waals surface area contributed by atoms with Crippen molar-refractivity contribution in [1.29, 1.82) is 0 Å². The van der Waals surface area contributed by atoms with Gasteiger partial charge in [-0.2, -0.15) is 0 Å². The molecule has 0 N–H and O–H groups in total. The van der Waals surface area contributed by atoms with E-state index in [1.807, 2.05) is 0 Å². The van der Waals surface area contributed by atoms with Crippen LogP contribution in [0.4, 0.5) is 0 Å². The van der Waals surface area contributed by atoms with Gasteiger partial charge >= 0.3 is 5.97 Å². The lowest BCUT2D eigenvalue weighted by Gasteiger charge is -2.05. The highest BCUT2D eigenvalue weighted by atomic mass is 16.5. The number of rotatable bonds is 31. The Hall–Kier alpha value is -0.790. The molecule has 0 aromatic carbocycles. The van der Waals surface area contributed by atoms with Crippen molar-refractivity contribution in [3.05, 3.63) is 12.7 Å². The Morgan fingerprint density at radius 1 is 0.486 bits per heavy atom. The van der Waals surface area contributed by atoms with Crippen molar-refractivity contribution in [2.45, 2.75) is 194 Å². The van der Waals surface area contributed by atoms with E-state index in [9.17, 15) is 4.79 Å². The number of ether oxygens (including phenoxy) is 1. The second-order valence-electron chi connectivity index (χ2n) is 12.1. The molecule has 0 aromatic rings. The Bertz CT molecular complexity index is 456. The molecule has 0 aliphatic heterocycles. The van der Waals surface area contributed by atoms with Crippen LogP contribution in [0.15, 0.2) is 12.7 Å². The summed E-state index contributed by atoms with van der Waals surface area (Å²) in [5.74, 6) is 0.592. The summed E-state index contributed by atoms with van der Waals surface area (Å²) in [6.45, 7) is 8.64. The largest absolute Gasteiger partial charge is 0.463 e. The Balaban J connectivity index is 3.04. The van der Waals surface area contributed by atoms with Gasteiger partial charge in [-0.05, 0) is 12.3 Å². The molecule has 0 spiro atoms. The van der Waals surface area contributed by atoms with Gasteiger partial charge in [-0.15, -0.1) is 0 Å². The van der Waals surface area contributed by atoms with Crippen molar-refractivity contribution in [2.75, 3.05) is 6.61 Å². The van der Waals surface area contributed by atoms with Crippen LogP contribution in [0, 0.1) is 5.92 Å². The first kappa shape index (κ1) is 36.2. The van der Waals surface area contributed by atoms with Gasteiger partial charge < -0.3 is 4.74 Å². The molecule has 37 heavy (non-hydrogen) atoms. The summed E-state index contributed by atoms with van der Waals surface area (Å²) in [6, 6.07) is 0. The lowest BCUT2D eigenvalue weighted by molar-refractivity contribution is -0.137. The normalized spacial score (nSPS) is 11.3. The maximum Gasteiger partial charge on any atom is 0.330 e. The van der Waals surface area contributed by atoms with Crippen molar-refractivity contribution in [2.24, 2.45) is 5.92 Å². The van der Waals surface area contributed by atoms with Crippen molar-refractivity contribution in [3.63, 3.8) is 0 Å². The summed E-state index contributed by atoms with van der Waals surface area (Å²) in [4.78, 5) is 10.9. The number of esters is 1. The highest BCUT2D eigenvalue weighted by Gasteiger charge is 1.98. The summed E-state index contributed by atoms with van der Waals surface area (Å²) in [6.07, 6.45) is 40.8. The first-order chi connectivity index (χ1) is 18.2. The second-order valence-corrected chi connectivity index (χ2v) is 12.1. The summed E-state index contributed by atoms with van der Waals surface area (Å²) in [7, 11) is 0. The molecular weight excluding hydrogens is 452 g/mol. The van der Waals surface area contributed by atoms with Gasteiger partial charge in [0.25, 0.3) is 0 Å². The molecule has 0 amide bonds. The van der Waals surface area contributed by atoms with Crippen LogP contribution in [0.3, 0.4) is 0 Å². The predicted molar refractivity (Wildman–Crippen MR) is 165 cm³/mol. The lowest BCUT2D eigenvalue weighted by Crippen LogP contribution is -2.01. The van der Waals surface area contributed by atoms with E-state index in [0.717, 1.165) is 12.3 Å². The van der Waals surface area contributed by atoms with Gasteiger partial charge in [-0.3, -0.25) is 0 Å². The Kier molecular flexibility index (Phi) is 30.8. The molecule has 0 fully saturated rings. The average molecular weight is 521 g/mol. The smallest absolute Gasteiger partial charge is 0.330 e. The number of unbranched alkanes of at least 4 members (excludes halogenated alkanes) is 26. The zero-order chi connectivity index (χ0) is 27.1. The van der Waals surface area contributed by atoms with Crippen LogP contribution >= 0.6 is 0 Å². The fraction of sp³-hybridized carbons (Fsp3) is 0.914. The zero-order valence-electron chi connectivity index (χ0n) is 25.7. The van der Waals surface area contributed by atoms with Gasteiger partial charge in [0.1, 0.15) is 0 Å². The standard InChI is InChI=1S/C35H68O2/c1-4-35(36)37-33-31-29-27-25-23-21-19-17-15-13-11-9-7-5-6-8-10-12-14-16-18-20-22-24-26-28-30-32-34(2)3/h4,34H,1,5-33H2,2-3H3. The third-order valence-corrected chi connectivity index (χ3v) is 7.84. The van der Waals surface area contributed by atoms with Crippen molar-refractivity contribution in [1.82, 2.24) is 0 Å². The van der Waals surface area contributed by atoms with E-state index < -0.39 is 0 Å². The first-order valence-electron chi connectivity index (χ1n) is 17.0. The zero-order valence-corrected chi connectivity index (χ0v) is 25.7. The fourth-order valence-electron chi connectivity index (χ4n) is 5.31. The number of carbonyl (C=O) groups excluding carboxylic acids is 1. The topological polar surface area (TPSA) is 26.3 Å². The Labute approximate surface area is 234 Å². The number of hydrogen-bond donors (Lipinski definition) is 0. The minimum Gasteiger partial charge on any atom is -0.463 e. The van der Waals surface area contributed by atoms with Crippen molar-refractivity contribution >= 4 is 5.97 Å². The lowest BCUT2D eigenvalue weighted by atomic mass is 10.0. The van der Waals surface area contributed by atoms with E-state index in [-0.39, 0.29) is 5.97 Å². The predicted octanol–water partition coefficient (Wildman–Crippen LogP) is 12.3. The quantitative estimate of drug-likeness (QED) is 0.0516. The third-order valence-electron chi connectivity index (χ3n) is 7.84. The van der Waals surface area contributed by atoms with Gasteiger partial charge in [0.15, 0.2) is 0 Å². The Morgan fingerprint density at radius 2 is 0.730 bits per heavy atom. The average Bonchev–Trinajstić information content (AvgIpc) is 2.89. The number of carbonyl (C=O) groups is 1. The molecule has 0 bridgehead atoms. The fourth-order valence-corrected chi connectivity index (χ4v) is 5.31. The molecule has 0 aliphatic rings. The molecule has 0 heterocycles. The molecule has 0 saturated heterocycles. The molecule has 0 atom stereocenters. The molecule has 0 aliphatic carbocycles. The van der Waals surface area contributed by atoms with Gasteiger partial charge in [-0.25, -0.2) is 4.79 Å². The van der Waals surface area contributed by atoms with Gasteiger partial charge in [-0.1, -0.05) is 194 Å². The molecule has 0 radical (unpaired) electrons. The minimum atomic E-state index is -0.296. The molecular formula is C35H68O2. The van der Waals surface area contributed by atoms with Crippen LogP contribution < -0.4 is 0 Å². The van der Waals surface area contributed by atoms with E-state index in [1.54, 1.807) is 0 Å². The summed E-state index contributed by atoms with van der Waals surface area (Å²) < 4.78 is 5.00. The van der Waals surface area contributed by atoms with Crippen LogP contribution in [0.2, 0.25) is 0 Å². The number of hydrogen-bond acceptors (Lipinski definition) is 2. The molecule has 220 valence electrons. The first-order valence-corrected chi connectivity index (χ1v) is 17.0. The summed E-state index contributed by atoms with van der Waals surface area (Å²) in [5.41, 5.74) is 0. The molecule has 0 unspecified atom stereocenters. The third kappa shape index (κ3) is 33.2. The van der Waals surface area contributed by atoms with Crippen LogP contribution in [0.5, 0.6) is 0 Å². The van der Waals surface area contributed by atoms with E-state index in [4.69, 9.17) is 4.74 Å². The monoisotopic (exact) mass is 521 g/mol. The van der Waals surface area contributed by atoms with Crippen LogP contribution in [-0.4, -0.2) is 12.6 Å². The minimum absolute atomic E-state index is 0.296. The second kappa shape index (κ2) is 31.4. The molecule has 2 nitrogen and oxygen atoms in total. The van der Waals surface area contributed by atoms with Crippen LogP contribution in [0.1, 0.15) is 194 Å². The molecule has 0 aromatic heterocycles. The van der Waals surface area contributed by atoms with E-state index >= 15 is 0 Å². The van der Waals surface area contributed by atoms with Gasteiger partial charge in [0, 0.05) is 6.08 Å². The summed E-state index contributed by atoms with van der Waals surface area (Å²) >= 11 is 0. The SMILES string of the molecule is C=CC(=O)OCCCCCCCCCCCCCCCCCCCCCCCCCCCCCC(C)C. The van der Waals surface area contributed by atoms with Gasteiger partial charge in [0.2, 0.25) is 0 Å². The molecule has 0 rings (SSSR count). The maximum absolute atomic E-state index is 10.9. The maximum atomic E-state index is 10.9. The summed E-state index contributed by atoms with van der Waals surface area (Å²) in [5, 5.41) is 0. The highest BCUT2D eigenvalue weighted by molar-refractivity contribution is 5.81. The van der Waals surface area contributed by atoms with Gasteiger partial charge in [0.05, 0.1) is 6.61 Å². The van der Waals surface area contributed by atoms with E-state index in [0.29, 0.717) is 6.61 Å². The van der Waals surface area contributed by atoms with Crippen LogP contribution in [0.25, 0.3) is 0 Å². The Morgan fingerprint density at radius 3 is 0.973 bits per heavy atom. The molecule has 2 heteroatoms. The van der Waals surface area contributed by atoms with E-state index in [1.165, 1.54) is 179 Å². The highest BCUT2D eigenvalue weighted by Crippen LogP contribution is 2.16. The van der Waals surface area contributed by atoms with Crippen LogP contribution in [-0.2, 0) is 9.53 Å². The molecule has 0 saturated carbocycles. The van der Waals surface area contributed by atoms with Crippen molar-refractivity contribution < 1.29 is 9.53 Å². The van der Waals surface area contributed by atoms with Crippen molar-refractivity contribution in [3.8, 4) is 0 Å².